The van der Waals surface area contributed by atoms with Crippen molar-refractivity contribution in [1.82, 2.24) is 0 Å². The fourth-order valence-electron chi connectivity index (χ4n) is 2.30. The summed E-state index contributed by atoms with van der Waals surface area (Å²) in [5.41, 5.74) is 3.17. The first kappa shape index (κ1) is 15.8. The summed E-state index contributed by atoms with van der Waals surface area (Å²) in [7, 11) is 0. The van der Waals surface area contributed by atoms with Gasteiger partial charge in [-0.3, -0.25) is 0 Å². The SMILES string of the molecule is CCN(CC)c1ccc(NCc2cc(F)cc(Br)c2)cc1. The highest BCUT2D eigenvalue weighted by atomic mass is 79.9. The molecule has 4 heteroatoms. The fourth-order valence-corrected chi connectivity index (χ4v) is 2.81. The Morgan fingerprint density at radius 3 is 2.29 bits per heavy atom. The van der Waals surface area contributed by atoms with Crippen LogP contribution in [0.2, 0.25) is 0 Å². The van der Waals surface area contributed by atoms with Crippen molar-refractivity contribution in [3.8, 4) is 0 Å². The van der Waals surface area contributed by atoms with Gasteiger partial charge in [-0.25, -0.2) is 4.39 Å². The number of nitrogens with one attached hydrogen (secondary N) is 1. The van der Waals surface area contributed by atoms with Crippen LogP contribution in [0.1, 0.15) is 19.4 Å². The molecule has 2 aromatic rings. The number of hydrogen-bond donors (Lipinski definition) is 1. The Kier molecular flexibility index (Phi) is 5.62. The van der Waals surface area contributed by atoms with Gasteiger partial charge >= 0.3 is 0 Å². The Hall–Kier alpha value is -1.55. The molecule has 2 aromatic carbocycles. The summed E-state index contributed by atoms with van der Waals surface area (Å²) in [4.78, 5) is 2.30. The Morgan fingerprint density at radius 1 is 1.05 bits per heavy atom. The molecule has 2 nitrogen and oxygen atoms in total. The minimum Gasteiger partial charge on any atom is -0.381 e. The zero-order valence-corrected chi connectivity index (χ0v) is 14.0. The van der Waals surface area contributed by atoms with Crippen molar-refractivity contribution in [3.63, 3.8) is 0 Å². The molecule has 0 saturated heterocycles. The zero-order valence-electron chi connectivity index (χ0n) is 12.4. The predicted octanol–water partition coefficient (Wildman–Crippen LogP) is 5.05. The van der Waals surface area contributed by atoms with E-state index in [0.29, 0.717) is 6.54 Å². The molecule has 0 saturated carbocycles. The quantitative estimate of drug-likeness (QED) is 0.784. The van der Waals surface area contributed by atoms with Crippen molar-refractivity contribution >= 4 is 27.3 Å². The summed E-state index contributed by atoms with van der Waals surface area (Å²) in [6.07, 6.45) is 0. The Balaban J connectivity index is 2.00. The monoisotopic (exact) mass is 350 g/mol. The lowest BCUT2D eigenvalue weighted by Crippen LogP contribution is -2.21. The van der Waals surface area contributed by atoms with E-state index in [9.17, 15) is 4.39 Å². The largest absolute Gasteiger partial charge is 0.381 e. The highest BCUT2D eigenvalue weighted by molar-refractivity contribution is 9.10. The molecule has 2 rings (SSSR count). The third-order valence-corrected chi connectivity index (χ3v) is 3.87. The normalized spacial score (nSPS) is 10.5. The molecule has 0 aliphatic heterocycles. The van der Waals surface area contributed by atoms with Gasteiger partial charge in [0.1, 0.15) is 5.82 Å². The highest BCUT2D eigenvalue weighted by Crippen LogP contribution is 2.19. The van der Waals surface area contributed by atoms with Gasteiger partial charge in [-0.05, 0) is 61.9 Å². The van der Waals surface area contributed by atoms with Gasteiger partial charge in [-0.15, -0.1) is 0 Å². The van der Waals surface area contributed by atoms with Crippen LogP contribution < -0.4 is 10.2 Å². The summed E-state index contributed by atoms with van der Waals surface area (Å²) in [6, 6.07) is 13.3. The van der Waals surface area contributed by atoms with Crippen LogP contribution in [-0.4, -0.2) is 13.1 Å². The van der Waals surface area contributed by atoms with Gasteiger partial charge in [0.25, 0.3) is 0 Å². The molecule has 0 unspecified atom stereocenters. The summed E-state index contributed by atoms with van der Waals surface area (Å²) >= 11 is 3.31. The molecule has 0 fully saturated rings. The van der Waals surface area contributed by atoms with Gasteiger partial charge in [-0.2, -0.15) is 0 Å². The van der Waals surface area contributed by atoms with Crippen molar-refractivity contribution in [1.29, 1.82) is 0 Å². The van der Waals surface area contributed by atoms with Crippen LogP contribution in [0.15, 0.2) is 46.9 Å². The lowest BCUT2D eigenvalue weighted by molar-refractivity contribution is 0.625. The van der Waals surface area contributed by atoms with Gasteiger partial charge in [0.2, 0.25) is 0 Å². The maximum Gasteiger partial charge on any atom is 0.124 e. The summed E-state index contributed by atoms with van der Waals surface area (Å²) < 4.78 is 14.1. The molecule has 0 radical (unpaired) electrons. The van der Waals surface area contributed by atoms with E-state index in [4.69, 9.17) is 0 Å². The maximum atomic E-state index is 13.3. The van der Waals surface area contributed by atoms with Crippen LogP contribution in [0.4, 0.5) is 15.8 Å². The minimum atomic E-state index is -0.224. The van der Waals surface area contributed by atoms with E-state index in [-0.39, 0.29) is 5.82 Å². The third-order valence-electron chi connectivity index (χ3n) is 3.41. The molecular weight excluding hydrogens is 331 g/mol. The summed E-state index contributed by atoms with van der Waals surface area (Å²) in [5, 5.41) is 3.31. The van der Waals surface area contributed by atoms with E-state index in [1.165, 1.54) is 11.8 Å². The molecule has 0 amide bonds. The molecule has 0 aliphatic rings. The second-order valence-corrected chi connectivity index (χ2v) is 5.77. The summed E-state index contributed by atoms with van der Waals surface area (Å²) in [5.74, 6) is -0.224. The van der Waals surface area contributed by atoms with Crippen molar-refractivity contribution in [2.75, 3.05) is 23.3 Å². The van der Waals surface area contributed by atoms with E-state index in [1.54, 1.807) is 6.07 Å². The van der Waals surface area contributed by atoms with Gasteiger partial charge in [0.15, 0.2) is 0 Å². The molecule has 1 N–H and O–H groups in total. The van der Waals surface area contributed by atoms with Crippen LogP contribution in [0.5, 0.6) is 0 Å². The van der Waals surface area contributed by atoms with E-state index in [1.807, 2.05) is 6.07 Å². The molecule has 0 spiro atoms. The van der Waals surface area contributed by atoms with Gasteiger partial charge in [-0.1, -0.05) is 15.9 Å². The first-order valence-corrected chi connectivity index (χ1v) is 7.95. The second kappa shape index (κ2) is 7.46. The molecule has 0 bridgehead atoms. The van der Waals surface area contributed by atoms with Crippen LogP contribution in [-0.2, 0) is 6.54 Å². The second-order valence-electron chi connectivity index (χ2n) is 4.85. The molecule has 0 aromatic heterocycles. The Bertz CT molecular complexity index is 560. The van der Waals surface area contributed by atoms with Crippen LogP contribution in [0.3, 0.4) is 0 Å². The first-order valence-electron chi connectivity index (χ1n) is 7.16. The van der Waals surface area contributed by atoms with Crippen LogP contribution >= 0.6 is 15.9 Å². The number of halogens is 2. The number of nitrogens with zero attached hydrogens (tertiary/aromatic N) is 1. The standard InChI is InChI=1S/C17H20BrFN2/c1-3-21(4-2)17-7-5-16(6-8-17)20-12-13-9-14(18)11-15(19)10-13/h5-11,20H,3-4,12H2,1-2H3. The van der Waals surface area contributed by atoms with E-state index in [2.05, 4.69) is 64.3 Å². The topological polar surface area (TPSA) is 15.3 Å². The van der Waals surface area contributed by atoms with Crippen molar-refractivity contribution < 1.29 is 4.39 Å². The van der Waals surface area contributed by atoms with Gasteiger partial charge in [0, 0.05) is 35.5 Å². The lowest BCUT2D eigenvalue weighted by atomic mass is 10.2. The Morgan fingerprint density at radius 2 is 1.71 bits per heavy atom. The zero-order chi connectivity index (χ0) is 15.2. The smallest absolute Gasteiger partial charge is 0.124 e. The molecule has 0 aliphatic carbocycles. The number of hydrogen-bond acceptors (Lipinski definition) is 2. The molecule has 0 atom stereocenters. The number of rotatable bonds is 6. The van der Waals surface area contributed by atoms with Crippen molar-refractivity contribution in [2.45, 2.75) is 20.4 Å². The average Bonchev–Trinajstić information content (AvgIpc) is 2.47. The summed E-state index contributed by atoms with van der Waals surface area (Å²) in [6.45, 7) is 6.90. The molecule has 21 heavy (non-hydrogen) atoms. The first-order chi connectivity index (χ1) is 10.1. The molecule has 0 heterocycles. The number of anilines is 2. The minimum absolute atomic E-state index is 0.224. The number of benzene rings is 2. The van der Waals surface area contributed by atoms with Crippen LogP contribution in [0.25, 0.3) is 0 Å². The third kappa shape index (κ3) is 4.46. The van der Waals surface area contributed by atoms with E-state index in [0.717, 1.165) is 28.8 Å². The van der Waals surface area contributed by atoms with Crippen molar-refractivity contribution in [3.05, 3.63) is 58.3 Å². The maximum absolute atomic E-state index is 13.3. The lowest BCUT2D eigenvalue weighted by Gasteiger charge is -2.21. The van der Waals surface area contributed by atoms with Crippen LogP contribution in [0, 0.1) is 5.82 Å². The predicted molar refractivity (Wildman–Crippen MR) is 91.4 cm³/mol. The van der Waals surface area contributed by atoms with E-state index < -0.39 is 0 Å². The molecule has 112 valence electrons. The average molecular weight is 351 g/mol. The van der Waals surface area contributed by atoms with Crippen molar-refractivity contribution in [2.24, 2.45) is 0 Å². The fraction of sp³-hybridized carbons (Fsp3) is 0.294. The highest BCUT2D eigenvalue weighted by Gasteiger charge is 2.02. The van der Waals surface area contributed by atoms with Gasteiger partial charge in [0.05, 0.1) is 0 Å². The Labute approximate surface area is 134 Å². The molecular formula is C17H20BrFN2. The van der Waals surface area contributed by atoms with Gasteiger partial charge < -0.3 is 10.2 Å². The van der Waals surface area contributed by atoms with E-state index >= 15 is 0 Å².